The summed E-state index contributed by atoms with van der Waals surface area (Å²) in [5.41, 5.74) is 0.125. The zero-order valence-corrected chi connectivity index (χ0v) is 12.1. The second kappa shape index (κ2) is 5.39. The Morgan fingerprint density at radius 2 is 2.12 bits per heavy atom. The molecule has 1 aromatic carbocycles. The Morgan fingerprint density at radius 1 is 1.50 bits per heavy atom. The van der Waals surface area contributed by atoms with Crippen LogP contribution in [0.25, 0.3) is 0 Å². The molecule has 0 bridgehead atoms. The smallest absolute Gasteiger partial charge is 0.251 e. The molecule has 0 aromatic heterocycles. The number of carbonyl (C=O) groups is 1. The number of alkyl halides is 1. The quantitative estimate of drug-likeness (QED) is 0.841. The second-order valence-electron chi connectivity index (χ2n) is 4.10. The fourth-order valence-corrected chi connectivity index (χ4v) is 1.61. The number of hydrogen-bond donors (Lipinski definition) is 1. The molecule has 0 saturated carbocycles. The van der Waals surface area contributed by atoms with Crippen molar-refractivity contribution in [2.24, 2.45) is 0 Å². The molecule has 0 radical (unpaired) electrons. The van der Waals surface area contributed by atoms with Gasteiger partial charge in [0.2, 0.25) is 0 Å². The summed E-state index contributed by atoms with van der Waals surface area (Å²) in [4.78, 5) is 11.8. The zero-order valence-electron chi connectivity index (χ0n) is 8.98. The van der Waals surface area contributed by atoms with E-state index in [1.165, 1.54) is 0 Å². The van der Waals surface area contributed by atoms with Gasteiger partial charge in [0.25, 0.3) is 5.91 Å². The monoisotopic (exact) mass is 323 g/mol. The van der Waals surface area contributed by atoms with E-state index in [9.17, 15) is 4.79 Å². The lowest BCUT2D eigenvalue weighted by molar-refractivity contribution is 0.0920. The van der Waals surface area contributed by atoms with Gasteiger partial charge in [0.15, 0.2) is 0 Å². The molecule has 0 aliphatic heterocycles. The van der Waals surface area contributed by atoms with Gasteiger partial charge in [-0.15, -0.1) is 11.6 Å². The standard InChI is InChI=1S/C11H12BrCl2NO/c1-11(2,6-13)15-10(16)7-3-4-9(14)8(12)5-7/h3-5H,6H2,1-2H3,(H,15,16). The summed E-state index contributed by atoms with van der Waals surface area (Å²) in [6.45, 7) is 3.73. The third-order valence-corrected chi connectivity index (χ3v) is 3.85. The van der Waals surface area contributed by atoms with E-state index in [4.69, 9.17) is 23.2 Å². The van der Waals surface area contributed by atoms with Gasteiger partial charge in [0, 0.05) is 21.5 Å². The summed E-state index contributed by atoms with van der Waals surface area (Å²) in [6, 6.07) is 5.03. The molecule has 16 heavy (non-hydrogen) atoms. The maximum absolute atomic E-state index is 11.8. The maximum Gasteiger partial charge on any atom is 0.251 e. The molecule has 0 spiro atoms. The first-order chi connectivity index (χ1) is 7.35. The molecule has 2 nitrogen and oxygen atoms in total. The van der Waals surface area contributed by atoms with Gasteiger partial charge in [0.05, 0.1) is 5.02 Å². The molecule has 1 aromatic rings. The third kappa shape index (κ3) is 3.65. The van der Waals surface area contributed by atoms with Gasteiger partial charge in [-0.1, -0.05) is 11.6 Å². The predicted octanol–water partition coefficient (Wildman–Crippen LogP) is 3.85. The fraction of sp³-hybridized carbons (Fsp3) is 0.364. The minimum absolute atomic E-state index is 0.164. The summed E-state index contributed by atoms with van der Waals surface area (Å²) in [7, 11) is 0. The van der Waals surface area contributed by atoms with Crippen molar-refractivity contribution in [1.82, 2.24) is 5.32 Å². The Labute approximate surface area is 113 Å². The minimum atomic E-state index is -0.426. The molecular formula is C11H12BrCl2NO. The Bertz CT molecular complexity index is 407. The van der Waals surface area contributed by atoms with Gasteiger partial charge in [-0.3, -0.25) is 4.79 Å². The average Bonchev–Trinajstić information content (AvgIpc) is 2.21. The van der Waals surface area contributed by atoms with Crippen LogP contribution in [0.15, 0.2) is 22.7 Å². The number of amides is 1. The van der Waals surface area contributed by atoms with Crippen LogP contribution in [0.4, 0.5) is 0 Å². The van der Waals surface area contributed by atoms with Crippen molar-refractivity contribution < 1.29 is 4.79 Å². The van der Waals surface area contributed by atoms with Crippen molar-refractivity contribution in [1.29, 1.82) is 0 Å². The average molecular weight is 325 g/mol. The van der Waals surface area contributed by atoms with Gasteiger partial charge in [-0.05, 0) is 48.0 Å². The number of halogens is 3. The maximum atomic E-state index is 11.8. The van der Waals surface area contributed by atoms with Crippen LogP contribution in [-0.2, 0) is 0 Å². The molecule has 1 rings (SSSR count). The van der Waals surface area contributed by atoms with Crippen molar-refractivity contribution in [2.75, 3.05) is 5.88 Å². The molecular weight excluding hydrogens is 313 g/mol. The van der Waals surface area contributed by atoms with Gasteiger partial charge >= 0.3 is 0 Å². The van der Waals surface area contributed by atoms with Crippen LogP contribution in [-0.4, -0.2) is 17.3 Å². The topological polar surface area (TPSA) is 29.1 Å². The van der Waals surface area contributed by atoms with E-state index in [1.54, 1.807) is 18.2 Å². The first-order valence-electron chi connectivity index (χ1n) is 4.69. The van der Waals surface area contributed by atoms with E-state index < -0.39 is 5.54 Å². The second-order valence-corrected chi connectivity index (χ2v) is 5.63. The first-order valence-corrected chi connectivity index (χ1v) is 6.40. The highest BCUT2D eigenvalue weighted by molar-refractivity contribution is 9.10. The summed E-state index contributed by atoms with van der Waals surface area (Å²) in [5.74, 6) is 0.191. The molecule has 0 aliphatic carbocycles. The number of nitrogens with one attached hydrogen (secondary N) is 1. The van der Waals surface area contributed by atoms with Crippen LogP contribution in [0, 0.1) is 0 Å². The lowest BCUT2D eigenvalue weighted by atomic mass is 10.1. The van der Waals surface area contributed by atoms with Gasteiger partial charge < -0.3 is 5.32 Å². The molecule has 88 valence electrons. The van der Waals surface area contributed by atoms with Crippen LogP contribution in [0.3, 0.4) is 0 Å². The Kier molecular flexibility index (Phi) is 4.65. The van der Waals surface area contributed by atoms with Crippen molar-refractivity contribution in [3.63, 3.8) is 0 Å². The summed E-state index contributed by atoms with van der Waals surface area (Å²) >= 11 is 14.9. The molecule has 0 unspecified atom stereocenters. The van der Waals surface area contributed by atoms with E-state index >= 15 is 0 Å². The lowest BCUT2D eigenvalue weighted by Gasteiger charge is -2.23. The number of rotatable bonds is 3. The Hall–Kier alpha value is -0.250. The predicted molar refractivity (Wildman–Crippen MR) is 71.4 cm³/mol. The van der Waals surface area contributed by atoms with E-state index in [2.05, 4.69) is 21.2 Å². The summed E-state index contributed by atoms with van der Waals surface area (Å²) in [5, 5.41) is 3.41. The van der Waals surface area contributed by atoms with Crippen molar-refractivity contribution >= 4 is 45.0 Å². The number of hydrogen-bond acceptors (Lipinski definition) is 1. The highest BCUT2D eigenvalue weighted by Gasteiger charge is 2.20. The van der Waals surface area contributed by atoms with Crippen LogP contribution < -0.4 is 5.32 Å². The molecule has 0 fully saturated rings. The molecule has 1 N–H and O–H groups in total. The molecule has 0 aliphatic rings. The van der Waals surface area contributed by atoms with Crippen molar-refractivity contribution in [3.8, 4) is 0 Å². The number of carbonyl (C=O) groups excluding carboxylic acids is 1. The summed E-state index contributed by atoms with van der Waals surface area (Å²) < 4.78 is 0.700. The van der Waals surface area contributed by atoms with Crippen LogP contribution in [0.2, 0.25) is 5.02 Å². The largest absolute Gasteiger partial charge is 0.346 e. The van der Waals surface area contributed by atoms with Crippen LogP contribution >= 0.6 is 39.1 Å². The highest BCUT2D eigenvalue weighted by Crippen LogP contribution is 2.23. The highest BCUT2D eigenvalue weighted by atomic mass is 79.9. The molecule has 1 amide bonds. The Morgan fingerprint density at radius 3 is 2.62 bits per heavy atom. The fourth-order valence-electron chi connectivity index (χ4n) is 1.05. The SMILES string of the molecule is CC(C)(CCl)NC(=O)c1ccc(Cl)c(Br)c1. The minimum Gasteiger partial charge on any atom is -0.346 e. The van der Waals surface area contributed by atoms with E-state index in [0.29, 0.717) is 20.9 Å². The van der Waals surface area contributed by atoms with Gasteiger partial charge in [-0.2, -0.15) is 0 Å². The zero-order chi connectivity index (χ0) is 12.3. The van der Waals surface area contributed by atoms with E-state index in [-0.39, 0.29) is 5.91 Å². The molecule has 0 heterocycles. The van der Waals surface area contributed by atoms with Crippen molar-refractivity contribution in [2.45, 2.75) is 19.4 Å². The molecule has 5 heteroatoms. The van der Waals surface area contributed by atoms with Crippen LogP contribution in [0.1, 0.15) is 24.2 Å². The molecule has 0 saturated heterocycles. The van der Waals surface area contributed by atoms with Gasteiger partial charge in [-0.25, -0.2) is 0 Å². The normalized spacial score (nSPS) is 11.3. The van der Waals surface area contributed by atoms with E-state index in [1.807, 2.05) is 13.8 Å². The van der Waals surface area contributed by atoms with Crippen LogP contribution in [0.5, 0.6) is 0 Å². The first kappa shape index (κ1) is 13.8. The van der Waals surface area contributed by atoms with E-state index in [0.717, 1.165) is 0 Å². The summed E-state index contributed by atoms with van der Waals surface area (Å²) in [6.07, 6.45) is 0. The third-order valence-electron chi connectivity index (χ3n) is 1.97. The molecule has 0 atom stereocenters. The lowest BCUT2D eigenvalue weighted by Crippen LogP contribution is -2.44. The van der Waals surface area contributed by atoms with Gasteiger partial charge in [0.1, 0.15) is 0 Å². The Balaban J connectivity index is 2.85. The number of benzene rings is 1. The van der Waals surface area contributed by atoms with Crippen molar-refractivity contribution in [3.05, 3.63) is 33.3 Å².